The summed E-state index contributed by atoms with van der Waals surface area (Å²) in [6.45, 7) is 4.64. The minimum atomic E-state index is -0.0736. The fourth-order valence-electron chi connectivity index (χ4n) is 3.09. The van der Waals surface area contributed by atoms with Crippen molar-refractivity contribution in [2.75, 3.05) is 36.4 Å². The van der Waals surface area contributed by atoms with Crippen molar-refractivity contribution in [2.45, 2.75) is 6.92 Å². The molecule has 0 atom stereocenters. The average Bonchev–Trinajstić information content (AvgIpc) is 3.24. The van der Waals surface area contributed by atoms with Gasteiger partial charge in [0, 0.05) is 38.1 Å². The van der Waals surface area contributed by atoms with E-state index < -0.39 is 0 Å². The first kappa shape index (κ1) is 17.1. The quantitative estimate of drug-likeness (QED) is 0.768. The lowest BCUT2D eigenvalue weighted by molar-refractivity contribution is 0.0714. The van der Waals surface area contributed by atoms with E-state index in [9.17, 15) is 4.79 Å². The molecule has 1 N–H and O–H groups in total. The second-order valence-corrected chi connectivity index (χ2v) is 6.44. The molecule has 7 nitrogen and oxygen atoms in total. The van der Waals surface area contributed by atoms with Crippen molar-refractivity contribution in [3.63, 3.8) is 0 Å². The Balaban J connectivity index is 1.41. The topological polar surface area (TPSA) is 74.5 Å². The van der Waals surface area contributed by atoms with Gasteiger partial charge in [-0.1, -0.05) is 18.2 Å². The van der Waals surface area contributed by atoms with Crippen molar-refractivity contribution in [3.8, 4) is 0 Å². The third-order valence-electron chi connectivity index (χ3n) is 4.63. The molecule has 3 heterocycles. The minimum Gasteiger partial charge on any atom is -0.459 e. The fourth-order valence-corrected chi connectivity index (χ4v) is 3.09. The van der Waals surface area contributed by atoms with Crippen LogP contribution in [0.4, 0.5) is 17.5 Å². The number of anilines is 3. The highest BCUT2D eigenvalue weighted by atomic mass is 16.3. The molecule has 138 valence electrons. The van der Waals surface area contributed by atoms with Crippen LogP contribution in [0.1, 0.15) is 16.1 Å². The van der Waals surface area contributed by atoms with Crippen LogP contribution >= 0.6 is 0 Å². The van der Waals surface area contributed by atoms with Gasteiger partial charge in [-0.05, 0) is 36.8 Å². The molecule has 0 bridgehead atoms. The fraction of sp³-hybridized carbons (Fsp3) is 0.250. The van der Waals surface area contributed by atoms with Crippen LogP contribution in [0.5, 0.6) is 0 Å². The van der Waals surface area contributed by atoms with Crippen LogP contribution in [0.2, 0.25) is 0 Å². The largest absolute Gasteiger partial charge is 0.459 e. The molecule has 0 radical (unpaired) electrons. The molecule has 1 aliphatic rings. The number of para-hydroxylation sites is 1. The number of aromatic nitrogens is 2. The van der Waals surface area contributed by atoms with Gasteiger partial charge in [0.1, 0.15) is 5.82 Å². The Hall–Kier alpha value is -3.35. The van der Waals surface area contributed by atoms with Crippen LogP contribution in [0, 0.1) is 6.92 Å². The maximum atomic E-state index is 12.4. The third kappa shape index (κ3) is 3.76. The van der Waals surface area contributed by atoms with Crippen molar-refractivity contribution in [1.29, 1.82) is 0 Å². The Bertz CT molecular complexity index is 918. The summed E-state index contributed by atoms with van der Waals surface area (Å²) in [5.74, 6) is 1.72. The molecule has 2 aromatic heterocycles. The van der Waals surface area contributed by atoms with Crippen LogP contribution in [-0.4, -0.2) is 47.0 Å². The van der Waals surface area contributed by atoms with Gasteiger partial charge in [0.25, 0.3) is 5.91 Å². The summed E-state index contributed by atoms with van der Waals surface area (Å²) in [6.07, 6.45) is 3.27. The van der Waals surface area contributed by atoms with Crippen LogP contribution < -0.4 is 10.2 Å². The lowest BCUT2D eigenvalue weighted by Gasteiger charge is -2.34. The molecule has 0 saturated carbocycles. The Labute approximate surface area is 157 Å². The summed E-state index contributed by atoms with van der Waals surface area (Å²) < 4.78 is 5.20. The highest BCUT2D eigenvalue weighted by Gasteiger charge is 2.24. The molecule has 1 amide bonds. The molecule has 0 spiro atoms. The first-order chi connectivity index (χ1) is 13.2. The van der Waals surface area contributed by atoms with E-state index in [0.29, 0.717) is 37.9 Å². The first-order valence-electron chi connectivity index (χ1n) is 8.94. The monoisotopic (exact) mass is 363 g/mol. The van der Waals surface area contributed by atoms with Gasteiger partial charge < -0.3 is 19.5 Å². The molecular formula is C20H21N5O2. The zero-order valence-electron chi connectivity index (χ0n) is 15.1. The van der Waals surface area contributed by atoms with Gasteiger partial charge in [0.05, 0.1) is 6.26 Å². The molecule has 1 aliphatic heterocycles. The van der Waals surface area contributed by atoms with Crippen molar-refractivity contribution in [3.05, 3.63) is 66.2 Å². The molecule has 0 unspecified atom stereocenters. The van der Waals surface area contributed by atoms with Gasteiger partial charge in [0.15, 0.2) is 5.76 Å². The van der Waals surface area contributed by atoms with E-state index in [4.69, 9.17) is 4.42 Å². The number of amides is 1. The van der Waals surface area contributed by atoms with Crippen LogP contribution in [0.25, 0.3) is 0 Å². The van der Waals surface area contributed by atoms with Gasteiger partial charge in [-0.25, -0.2) is 4.98 Å². The Morgan fingerprint density at radius 1 is 1.07 bits per heavy atom. The Morgan fingerprint density at radius 3 is 2.63 bits per heavy atom. The predicted molar refractivity (Wildman–Crippen MR) is 103 cm³/mol. The van der Waals surface area contributed by atoms with Gasteiger partial charge >= 0.3 is 0 Å². The number of rotatable bonds is 4. The summed E-state index contributed by atoms with van der Waals surface area (Å²) in [6, 6.07) is 13.4. The zero-order valence-corrected chi connectivity index (χ0v) is 15.1. The van der Waals surface area contributed by atoms with Crippen molar-refractivity contribution in [1.82, 2.24) is 14.9 Å². The lowest BCUT2D eigenvalue weighted by atomic mass is 10.2. The number of benzene rings is 1. The van der Waals surface area contributed by atoms with Gasteiger partial charge in [0.2, 0.25) is 5.95 Å². The summed E-state index contributed by atoms with van der Waals surface area (Å²) in [5.41, 5.74) is 2.18. The number of carbonyl (C=O) groups excluding carboxylic acids is 1. The third-order valence-corrected chi connectivity index (χ3v) is 4.63. The molecular weight excluding hydrogens is 342 g/mol. The second kappa shape index (κ2) is 7.49. The molecule has 27 heavy (non-hydrogen) atoms. The SMILES string of the molecule is Cc1ccccc1Nc1ccnc(N2CCN(C(=O)c3ccco3)CC2)n1. The summed E-state index contributed by atoms with van der Waals surface area (Å²) >= 11 is 0. The lowest BCUT2D eigenvalue weighted by Crippen LogP contribution is -2.49. The van der Waals surface area contributed by atoms with E-state index in [0.717, 1.165) is 17.1 Å². The number of carbonyl (C=O) groups is 1. The van der Waals surface area contributed by atoms with Crippen molar-refractivity contribution in [2.24, 2.45) is 0 Å². The molecule has 1 aromatic carbocycles. The van der Waals surface area contributed by atoms with E-state index in [1.54, 1.807) is 23.2 Å². The maximum absolute atomic E-state index is 12.4. The molecule has 0 aliphatic carbocycles. The van der Waals surface area contributed by atoms with Crippen molar-refractivity contribution >= 4 is 23.4 Å². The number of hydrogen-bond donors (Lipinski definition) is 1. The number of piperazine rings is 1. The highest BCUT2D eigenvalue weighted by molar-refractivity contribution is 5.91. The second-order valence-electron chi connectivity index (χ2n) is 6.44. The van der Waals surface area contributed by atoms with E-state index in [1.165, 1.54) is 6.26 Å². The highest BCUT2D eigenvalue weighted by Crippen LogP contribution is 2.20. The summed E-state index contributed by atoms with van der Waals surface area (Å²) in [4.78, 5) is 25.3. The molecule has 1 saturated heterocycles. The van der Waals surface area contributed by atoms with E-state index in [2.05, 4.69) is 33.2 Å². The molecule has 1 fully saturated rings. The number of hydrogen-bond acceptors (Lipinski definition) is 6. The predicted octanol–water partition coefficient (Wildman–Crippen LogP) is 3.08. The normalized spacial score (nSPS) is 14.3. The molecule has 3 aromatic rings. The van der Waals surface area contributed by atoms with Crippen LogP contribution in [-0.2, 0) is 0 Å². The zero-order chi connectivity index (χ0) is 18.6. The molecule has 4 rings (SSSR count). The van der Waals surface area contributed by atoms with Gasteiger partial charge in [-0.2, -0.15) is 4.98 Å². The Morgan fingerprint density at radius 2 is 1.89 bits per heavy atom. The van der Waals surface area contributed by atoms with Crippen LogP contribution in [0.15, 0.2) is 59.3 Å². The first-order valence-corrected chi connectivity index (χ1v) is 8.94. The smallest absolute Gasteiger partial charge is 0.289 e. The Kier molecular flexibility index (Phi) is 4.74. The number of nitrogens with zero attached hydrogens (tertiary/aromatic N) is 4. The standard InChI is InChI=1S/C20H21N5O2/c1-15-5-2-3-6-16(15)22-18-8-9-21-20(23-18)25-12-10-24(11-13-25)19(26)17-7-4-14-27-17/h2-9,14H,10-13H2,1H3,(H,21,22,23). The van der Waals surface area contributed by atoms with E-state index >= 15 is 0 Å². The summed E-state index contributed by atoms with van der Waals surface area (Å²) in [7, 11) is 0. The van der Waals surface area contributed by atoms with E-state index in [1.807, 2.05) is 24.3 Å². The van der Waals surface area contributed by atoms with E-state index in [-0.39, 0.29) is 5.91 Å². The number of furan rings is 1. The van der Waals surface area contributed by atoms with Gasteiger partial charge in [-0.15, -0.1) is 0 Å². The van der Waals surface area contributed by atoms with Crippen molar-refractivity contribution < 1.29 is 9.21 Å². The maximum Gasteiger partial charge on any atom is 0.289 e. The van der Waals surface area contributed by atoms with Gasteiger partial charge in [-0.3, -0.25) is 4.79 Å². The summed E-state index contributed by atoms with van der Waals surface area (Å²) in [5, 5.41) is 3.34. The average molecular weight is 363 g/mol. The minimum absolute atomic E-state index is 0.0736. The molecule has 7 heteroatoms. The number of nitrogens with one attached hydrogen (secondary N) is 1. The number of aryl methyl sites for hydroxylation is 1. The van der Waals surface area contributed by atoms with Crippen LogP contribution in [0.3, 0.4) is 0 Å².